The molecule has 2 heteroatoms. The van der Waals surface area contributed by atoms with Crippen LogP contribution in [0.4, 0.5) is 0 Å². The molecule has 2 aromatic rings. The van der Waals surface area contributed by atoms with Crippen LogP contribution in [0.5, 0.6) is 0 Å². The number of benzene rings is 2. The third-order valence-corrected chi connectivity index (χ3v) is 5.02. The Bertz CT molecular complexity index is 696. The third kappa shape index (κ3) is 3.31. The van der Waals surface area contributed by atoms with Gasteiger partial charge in [-0.05, 0) is 55.5 Å². The van der Waals surface area contributed by atoms with Crippen molar-refractivity contribution in [1.82, 2.24) is 4.90 Å². The predicted molar refractivity (Wildman–Crippen MR) is 95.7 cm³/mol. The van der Waals surface area contributed by atoms with Crippen molar-refractivity contribution in [3.63, 3.8) is 0 Å². The van der Waals surface area contributed by atoms with E-state index in [4.69, 9.17) is 0 Å². The van der Waals surface area contributed by atoms with E-state index in [0.717, 1.165) is 18.4 Å². The lowest BCUT2D eigenvalue weighted by molar-refractivity contribution is 0.0735. The molecule has 0 radical (unpaired) electrons. The van der Waals surface area contributed by atoms with Crippen LogP contribution in [-0.4, -0.2) is 23.9 Å². The Kier molecular flexibility index (Phi) is 4.51. The number of nitrogens with zero attached hydrogens (tertiary/aromatic N) is 1. The minimum absolute atomic E-state index is 0.143. The first-order valence-corrected chi connectivity index (χ1v) is 8.51. The molecule has 0 unspecified atom stereocenters. The Morgan fingerprint density at radius 1 is 1.00 bits per heavy atom. The quantitative estimate of drug-likeness (QED) is 0.782. The van der Waals surface area contributed by atoms with E-state index >= 15 is 0 Å². The highest BCUT2D eigenvalue weighted by molar-refractivity contribution is 5.94. The molecule has 0 N–H and O–H groups in total. The summed E-state index contributed by atoms with van der Waals surface area (Å²) in [6, 6.07) is 15.0. The summed E-state index contributed by atoms with van der Waals surface area (Å²) in [4.78, 5) is 14.5. The molecule has 0 aliphatic heterocycles. The van der Waals surface area contributed by atoms with Crippen molar-refractivity contribution in [2.24, 2.45) is 0 Å². The maximum atomic E-state index is 12.6. The van der Waals surface area contributed by atoms with E-state index in [9.17, 15) is 4.79 Å². The summed E-state index contributed by atoms with van der Waals surface area (Å²) in [5, 5.41) is 0. The molecule has 23 heavy (non-hydrogen) atoms. The maximum Gasteiger partial charge on any atom is 0.253 e. The molecule has 3 rings (SSSR count). The standard InChI is InChI=1S/C21H25NO/c1-15-8-13-20(16(2)14-15)17-9-11-18(12-10-17)21(23)22(3)19-6-4-5-7-19/h8-14,19H,4-7H2,1-3H3. The summed E-state index contributed by atoms with van der Waals surface area (Å²) < 4.78 is 0. The van der Waals surface area contributed by atoms with Crippen molar-refractivity contribution in [3.8, 4) is 11.1 Å². The zero-order chi connectivity index (χ0) is 16.4. The highest BCUT2D eigenvalue weighted by atomic mass is 16.2. The third-order valence-electron chi connectivity index (χ3n) is 5.02. The maximum absolute atomic E-state index is 12.6. The molecule has 0 spiro atoms. The van der Waals surface area contributed by atoms with E-state index in [2.05, 4.69) is 44.2 Å². The molecule has 1 amide bonds. The van der Waals surface area contributed by atoms with Crippen LogP contribution in [0.2, 0.25) is 0 Å². The Morgan fingerprint density at radius 2 is 1.65 bits per heavy atom. The normalized spacial score (nSPS) is 14.9. The second kappa shape index (κ2) is 6.57. The van der Waals surface area contributed by atoms with E-state index in [0.29, 0.717) is 6.04 Å². The molecule has 1 aliphatic carbocycles. The number of carbonyl (C=O) groups is 1. The van der Waals surface area contributed by atoms with E-state index in [1.54, 1.807) is 0 Å². The molecule has 2 nitrogen and oxygen atoms in total. The Balaban J connectivity index is 1.80. The minimum atomic E-state index is 0.143. The van der Waals surface area contributed by atoms with Gasteiger partial charge in [-0.25, -0.2) is 0 Å². The average molecular weight is 307 g/mol. The van der Waals surface area contributed by atoms with Crippen LogP contribution < -0.4 is 0 Å². The molecule has 0 atom stereocenters. The predicted octanol–water partition coefficient (Wildman–Crippen LogP) is 4.99. The molecule has 0 aromatic heterocycles. The van der Waals surface area contributed by atoms with Crippen molar-refractivity contribution in [2.45, 2.75) is 45.6 Å². The molecular formula is C21H25NO. The summed E-state index contributed by atoms with van der Waals surface area (Å²) >= 11 is 0. The topological polar surface area (TPSA) is 20.3 Å². The lowest BCUT2D eigenvalue weighted by atomic mass is 9.97. The molecule has 0 saturated heterocycles. The minimum Gasteiger partial charge on any atom is -0.339 e. The van der Waals surface area contributed by atoms with E-state index in [1.807, 2.05) is 24.1 Å². The summed E-state index contributed by atoms with van der Waals surface area (Å²) in [6.07, 6.45) is 4.77. The van der Waals surface area contributed by atoms with E-state index < -0.39 is 0 Å². The summed E-state index contributed by atoms with van der Waals surface area (Å²) in [7, 11) is 1.94. The number of amides is 1. The lowest BCUT2D eigenvalue weighted by Gasteiger charge is -2.24. The van der Waals surface area contributed by atoms with Crippen molar-refractivity contribution in [1.29, 1.82) is 0 Å². The molecule has 1 aliphatic rings. The Labute approximate surface area is 139 Å². The zero-order valence-corrected chi connectivity index (χ0v) is 14.3. The van der Waals surface area contributed by atoms with Crippen LogP contribution in [0.3, 0.4) is 0 Å². The van der Waals surface area contributed by atoms with Gasteiger partial charge in [0.2, 0.25) is 0 Å². The number of aryl methyl sites for hydroxylation is 2. The van der Waals surface area contributed by atoms with Crippen LogP contribution in [-0.2, 0) is 0 Å². The van der Waals surface area contributed by atoms with Crippen LogP contribution in [0, 0.1) is 13.8 Å². The SMILES string of the molecule is Cc1ccc(-c2ccc(C(=O)N(C)C3CCCC3)cc2)c(C)c1. The van der Waals surface area contributed by atoms with Gasteiger partial charge in [0, 0.05) is 18.7 Å². The van der Waals surface area contributed by atoms with Gasteiger partial charge < -0.3 is 4.90 Å². The van der Waals surface area contributed by atoms with Crippen LogP contribution in [0.1, 0.15) is 47.2 Å². The van der Waals surface area contributed by atoms with Crippen LogP contribution in [0.25, 0.3) is 11.1 Å². The van der Waals surface area contributed by atoms with Crippen molar-refractivity contribution in [3.05, 3.63) is 59.2 Å². The van der Waals surface area contributed by atoms with Gasteiger partial charge in [0.1, 0.15) is 0 Å². The fraction of sp³-hybridized carbons (Fsp3) is 0.381. The second-order valence-electron chi connectivity index (χ2n) is 6.75. The smallest absolute Gasteiger partial charge is 0.253 e. The summed E-state index contributed by atoms with van der Waals surface area (Å²) in [5.74, 6) is 0.143. The largest absolute Gasteiger partial charge is 0.339 e. The highest BCUT2D eigenvalue weighted by Crippen LogP contribution is 2.26. The zero-order valence-electron chi connectivity index (χ0n) is 14.3. The fourth-order valence-electron chi connectivity index (χ4n) is 3.59. The first kappa shape index (κ1) is 15.8. The molecule has 0 heterocycles. The van der Waals surface area contributed by atoms with Gasteiger partial charge in [0.25, 0.3) is 5.91 Å². The van der Waals surface area contributed by atoms with Gasteiger partial charge in [-0.2, -0.15) is 0 Å². The van der Waals surface area contributed by atoms with Gasteiger partial charge >= 0.3 is 0 Å². The van der Waals surface area contributed by atoms with Crippen molar-refractivity contribution >= 4 is 5.91 Å². The number of hydrogen-bond donors (Lipinski definition) is 0. The fourth-order valence-corrected chi connectivity index (χ4v) is 3.59. The Hall–Kier alpha value is -2.09. The van der Waals surface area contributed by atoms with Gasteiger partial charge in [0.05, 0.1) is 0 Å². The molecule has 1 saturated carbocycles. The number of carbonyl (C=O) groups excluding carboxylic acids is 1. The van der Waals surface area contributed by atoms with Crippen molar-refractivity contribution < 1.29 is 4.79 Å². The van der Waals surface area contributed by atoms with E-state index in [1.165, 1.54) is 35.1 Å². The van der Waals surface area contributed by atoms with Gasteiger partial charge in [-0.1, -0.05) is 48.7 Å². The highest BCUT2D eigenvalue weighted by Gasteiger charge is 2.24. The number of hydrogen-bond acceptors (Lipinski definition) is 1. The lowest BCUT2D eigenvalue weighted by Crippen LogP contribution is -2.35. The van der Waals surface area contributed by atoms with Crippen LogP contribution >= 0.6 is 0 Å². The number of rotatable bonds is 3. The molecule has 120 valence electrons. The molecule has 2 aromatic carbocycles. The monoisotopic (exact) mass is 307 g/mol. The second-order valence-corrected chi connectivity index (χ2v) is 6.75. The molecule has 0 bridgehead atoms. The van der Waals surface area contributed by atoms with Crippen molar-refractivity contribution in [2.75, 3.05) is 7.05 Å². The first-order valence-electron chi connectivity index (χ1n) is 8.51. The first-order chi connectivity index (χ1) is 11.1. The van der Waals surface area contributed by atoms with Gasteiger partial charge in [0.15, 0.2) is 0 Å². The van der Waals surface area contributed by atoms with Gasteiger partial charge in [-0.3, -0.25) is 4.79 Å². The summed E-state index contributed by atoms with van der Waals surface area (Å²) in [5.41, 5.74) is 5.73. The summed E-state index contributed by atoms with van der Waals surface area (Å²) in [6.45, 7) is 4.24. The van der Waals surface area contributed by atoms with Crippen LogP contribution in [0.15, 0.2) is 42.5 Å². The average Bonchev–Trinajstić information content (AvgIpc) is 3.08. The Morgan fingerprint density at radius 3 is 2.26 bits per heavy atom. The molecular weight excluding hydrogens is 282 g/mol. The van der Waals surface area contributed by atoms with Gasteiger partial charge in [-0.15, -0.1) is 0 Å². The van der Waals surface area contributed by atoms with E-state index in [-0.39, 0.29) is 5.91 Å². The molecule has 1 fully saturated rings.